The van der Waals surface area contributed by atoms with Gasteiger partial charge in [-0.3, -0.25) is 4.79 Å². The molecule has 98 valence electrons. The van der Waals surface area contributed by atoms with Gasteiger partial charge in [0.1, 0.15) is 0 Å². The first-order chi connectivity index (χ1) is 8.60. The Hall–Kier alpha value is -1.42. The molecule has 0 aromatic heterocycles. The molecule has 2 rings (SSSR count). The molecule has 0 amide bonds. The summed E-state index contributed by atoms with van der Waals surface area (Å²) in [4.78, 5) is 10.7. The molecule has 1 aliphatic rings. The number of halogens is 1. The Kier molecular flexibility index (Phi) is 3.97. The third-order valence-corrected chi connectivity index (χ3v) is 3.20. The van der Waals surface area contributed by atoms with E-state index in [9.17, 15) is 4.79 Å². The van der Waals surface area contributed by atoms with E-state index in [2.05, 4.69) is 0 Å². The summed E-state index contributed by atoms with van der Waals surface area (Å²) in [6.07, 6.45) is 2.28. The van der Waals surface area contributed by atoms with E-state index in [4.69, 9.17) is 26.2 Å². The second-order valence-corrected chi connectivity index (χ2v) is 4.83. The van der Waals surface area contributed by atoms with E-state index in [1.54, 1.807) is 12.1 Å². The first-order valence-electron chi connectivity index (χ1n) is 5.81. The molecule has 0 aliphatic heterocycles. The smallest absolute Gasteiger partial charge is 0.307 e. The van der Waals surface area contributed by atoms with Crippen LogP contribution in [-0.2, 0) is 11.2 Å². The van der Waals surface area contributed by atoms with E-state index in [-0.39, 0.29) is 6.42 Å². The summed E-state index contributed by atoms with van der Waals surface area (Å²) in [6, 6.07) is 3.25. The van der Waals surface area contributed by atoms with Gasteiger partial charge in [-0.1, -0.05) is 11.6 Å². The fraction of sp³-hybridized carbons (Fsp3) is 0.462. The van der Waals surface area contributed by atoms with Crippen molar-refractivity contribution in [1.29, 1.82) is 0 Å². The largest absolute Gasteiger partial charge is 0.493 e. The maximum absolute atomic E-state index is 10.7. The molecule has 1 saturated carbocycles. The number of carboxylic acid groups (broad SMARTS) is 1. The number of hydrogen-bond acceptors (Lipinski definition) is 3. The standard InChI is InChI=1S/C13H15ClO4/c1-17-11-4-9(5-13(15)16)10(14)6-12(11)18-7-8-2-3-8/h4,6,8H,2-3,5,7H2,1H3,(H,15,16). The van der Waals surface area contributed by atoms with Crippen LogP contribution < -0.4 is 9.47 Å². The molecule has 1 aromatic carbocycles. The van der Waals surface area contributed by atoms with Gasteiger partial charge in [0.25, 0.3) is 0 Å². The number of aliphatic carboxylic acids is 1. The highest BCUT2D eigenvalue weighted by Gasteiger charge is 2.23. The highest BCUT2D eigenvalue weighted by Crippen LogP contribution is 2.36. The van der Waals surface area contributed by atoms with Crippen molar-refractivity contribution in [2.75, 3.05) is 13.7 Å². The van der Waals surface area contributed by atoms with Crippen molar-refractivity contribution in [3.05, 3.63) is 22.7 Å². The molecule has 0 saturated heterocycles. The van der Waals surface area contributed by atoms with Gasteiger partial charge in [-0.15, -0.1) is 0 Å². The monoisotopic (exact) mass is 270 g/mol. The third kappa shape index (κ3) is 3.29. The molecule has 4 nitrogen and oxygen atoms in total. The molecular formula is C13H15ClO4. The van der Waals surface area contributed by atoms with Crippen molar-refractivity contribution in [1.82, 2.24) is 0 Å². The summed E-state index contributed by atoms with van der Waals surface area (Å²) in [7, 11) is 1.53. The lowest BCUT2D eigenvalue weighted by molar-refractivity contribution is -0.136. The SMILES string of the molecule is COc1cc(CC(=O)O)c(Cl)cc1OCC1CC1. The van der Waals surface area contributed by atoms with Gasteiger partial charge < -0.3 is 14.6 Å². The molecule has 18 heavy (non-hydrogen) atoms. The van der Waals surface area contributed by atoms with Crippen LogP contribution in [0.3, 0.4) is 0 Å². The van der Waals surface area contributed by atoms with E-state index >= 15 is 0 Å². The van der Waals surface area contributed by atoms with E-state index < -0.39 is 5.97 Å². The number of ether oxygens (including phenoxy) is 2. The normalized spacial score (nSPS) is 14.3. The highest BCUT2D eigenvalue weighted by molar-refractivity contribution is 6.31. The summed E-state index contributed by atoms with van der Waals surface area (Å²) >= 11 is 6.03. The van der Waals surface area contributed by atoms with Crippen LogP contribution in [0.4, 0.5) is 0 Å². The number of carboxylic acids is 1. The molecule has 0 unspecified atom stereocenters. The fourth-order valence-electron chi connectivity index (χ4n) is 1.64. The Bertz CT molecular complexity index is 455. The summed E-state index contributed by atoms with van der Waals surface area (Å²) < 4.78 is 10.8. The van der Waals surface area contributed by atoms with Crippen molar-refractivity contribution in [3.63, 3.8) is 0 Å². The summed E-state index contributed by atoms with van der Waals surface area (Å²) in [5.41, 5.74) is 0.528. The van der Waals surface area contributed by atoms with E-state index in [1.807, 2.05) is 0 Å². The summed E-state index contributed by atoms with van der Waals surface area (Å²) in [5.74, 6) is 0.803. The Morgan fingerprint density at radius 2 is 2.17 bits per heavy atom. The van der Waals surface area contributed by atoms with Gasteiger partial charge in [0.15, 0.2) is 11.5 Å². The average Bonchev–Trinajstić information content (AvgIpc) is 3.12. The molecule has 0 atom stereocenters. The first-order valence-corrected chi connectivity index (χ1v) is 6.19. The molecule has 0 heterocycles. The Morgan fingerprint density at radius 3 is 2.72 bits per heavy atom. The molecule has 5 heteroatoms. The van der Waals surface area contributed by atoms with Crippen molar-refractivity contribution in [3.8, 4) is 11.5 Å². The lowest BCUT2D eigenvalue weighted by atomic mass is 10.1. The van der Waals surface area contributed by atoms with Crippen molar-refractivity contribution in [2.24, 2.45) is 5.92 Å². The highest BCUT2D eigenvalue weighted by atomic mass is 35.5. The number of benzene rings is 1. The molecule has 1 fully saturated rings. The predicted octanol–water partition coefficient (Wildman–Crippen LogP) is 2.76. The number of rotatable bonds is 6. The van der Waals surface area contributed by atoms with E-state index in [0.717, 1.165) is 0 Å². The first kappa shape index (κ1) is 13.0. The van der Waals surface area contributed by atoms with Crippen LogP contribution in [0.15, 0.2) is 12.1 Å². The van der Waals surface area contributed by atoms with Gasteiger partial charge in [-0.05, 0) is 30.4 Å². The maximum Gasteiger partial charge on any atom is 0.307 e. The third-order valence-electron chi connectivity index (χ3n) is 2.85. The van der Waals surface area contributed by atoms with Gasteiger partial charge in [0.2, 0.25) is 0 Å². The van der Waals surface area contributed by atoms with Gasteiger partial charge in [-0.2, -0.15) is 0 Å². The minimum atomic E-state index is -0.925. The zero-order chi connectivity index (χ0) is 13.1. The minimum Gasteiger partial charge on any atom is -0.493 e. The lowest BCUT2D eigenvalue weighted by Crippen LogP contribution is -2.04. The number of methoxy groups -OCH3 is 1. The van der Waals surface area contributed by atoms with E-state index in [0.29, 0.717) is 34.6 Å². The van der Waals surface area contributed by atoms with Crippen LogP contribution >= 0.6 is 11.6 Å². The van der Waals surface area contributed by atoms with Gasteiger partial charge in [-0.25, -0.2) is 0 Å². The number of carbonyl (C=O) groups is 1. The predicted molar refractivity (Wildman–Crippen MR) is 67.6 cm³/mol. The van der Waals surface area contributed by atoms with E-state index in [1.165, 1.54) is 20.0 Å². The molecular weight excluding hydrogens is 256 g/mol. The van der Waals surface area contributed by atoms with Crippen LogP contribution in [0, 0.1) is 5.92 Å². The zero-order valence-corrected chi connectivity index (χ0v) is 10.9. The van der Waals surface area contributed by atoms with Gasteiger partial charge in [0, 0.05) is 11.1 Å². The second-order valence-electron chi connectivity index (χ2n) is 4.42. The average molecular weight is 271 g/mol. The fourth-order valence-corrected chi connectivity index (χ4v) is 1.86. The Morgan fingerprint density at radius 1 is 1.44 bits per heavy atom. The molecule has 0 spiro atoms. The van der Waals surface area contributed by atoms with Crippen LogP contribution in [0.2, 0.25) is 5.02 Å². The Balaban J connectivity index is 2.17. The van der Waals surface area contributed by atoms with Crippen LogP contribution in [0.1, 0.15) is 18.4 Å². The molecule has 1 N–H and O–H groups in total. The number of hydrogen-bond donors (Lipinski definition) is 1. The lowest BCUT2D eigenvalue weighted by Gasteiger charge is -2.13. The quantitative estimate of drug-likeness (QED) is 0.864. The van der Waals surface area contributed by atoms with Gasteiger partial charge in [0.05, 0.1) is 20.1 Å². The van der Waals surface area contributed by atoms with Crippen molar-refractivity contribution < 1.29 is 19.4 Å². The zero-order valence-electron chi connectivity index (χ0n) is 10.1. The Labute approximate surface area is 110 Å². The molecule has 1 aliphatic carbocycles. The maximum atomic E-state index is 10.7. The molecule has 0 radical (unpaired) electrons. The summed E-state index contributed by atoms with van der Waals surface area (Å²) in [6.45, 7) is 0.658. The van der Waals surface area contributed by atoms with Crippen LogP contribution in [0.5, 0.6) is 11.5 Å². The summed E-state index contributed by atoms with van der Waals surface area (Å²) in [5, 5.41) is 9.17. The van der Waals surface area contributed by atoms with Crippen LogP contribution in [-0.4, -0.2) is 24.8 Å². The second kappa shape index (κ2) is 5.48. The minimum absolute atomic E-state index is 0.127. The molecule has 1 aromatic rings. The van der Waals surface area contributed by atoms with Crippen LogP contribution in [0.25, 0.3) is 0 Å². The topological polar surface area (TPSA) is 55.8 Å². The van der Waals surface area contributed by atoms with Crippen molar-refractivity contribution in [2.45, 2.75) is 19.3 Å². The van der Waals surface area contributed by atoms with Gasteiger partial charge >= 0.3 is 5.97 Å². The van der Waals surface area contributed by atoms with Crippen molar-refractivity contribution >= 4 is 17.6 Å². The molecule has 0 bridgehead atoms.